The summed E-state index contributed by atoms with van der Waals surface area (Å²) < 4.78 is 4.32. The number of rotatable bonds is 7. The van der Waals surface area contributed by atoms with Gasteiger partial charge in [0.05, 0.1) is 13.5 Å². The average Bonchev–Trinajstić information content (AvgIpc) is 2.22. The molecule has 0 saturated heterocycles. The van der Waals surface area contributed by atoms with Gasteiger partial charge in [-0.3, -0.25) is 14.4 Å². The number of carboxylic acid groups (broad SMARTS) is 2. The Hall–Kier alpha value is -1.59. The molecule has 0 spiro atoms. The fraction of sp³-hybridized carbons (Fsp3) is 0.700. The third-order valence-electron chi connectivity index (χ3n) is 2.45. The Bertz CT molecular complexity index is 269. The maximum absolute atomic E-state index is 11.1. The van der Waals surface area contributed by atoms with Crippen molar-refractivity contribution in [2.45, 2.75) is 32.6 Å². The van der Waals surface area contributed by atoms with E-state index in [0.29, 0.717) is 12.8 Å². The largest absolute Gasteiger partial charge is 0.480 e. The van der Waals surface area contributed by atoms with Gasteiger partial charge in [-0.25, -0.2) is 0 Å². The van der Waals surface area contributed by atoms with E-state index < -0.39 is 29.7 Å². The summed E-state index contributed by atoms with van der Waals surface area (Å²) in [6.45, 7) is 1.81. The molecule has 0 amide bonds. The molecule has 0 rings (SSSR count). The molecule has 0 radical (unpaired) electrons. The molecule has 6 nitrogen and oxygen atoms in total. The van der Waals surface area contributed by atoms with E-state index in [0.717, 1.165) is 7.11 Å². The van der Waals surface area contributed by atoms with E-state index in [2.05, 4.69) is 4.74 Å². The summed E-state index contributed by atoms with van der Waals surface area (Å²) in [7, 11) is 1.09. The normalized spacial score (nSPS) is 10.9. The second kappa shape index (κ2) is 6.09. The summed E-state index contributed by atoms with van der Waals surface area (Å²) in [5, 5.41) is 18.0. The molecule has 92 valence electrons. The van der Waals surface area contributed by atoms with E-state index in [1.807, 2.05) is 6.92 Å². The van der Waals surface area contributed by atoms with Crippen molar-refractivity contribution in [2.24, 2.45) is 5.41 Å². The number of aliphatic carboxylic acids is 2. The van der Waals surface area contributed by atoms with Crippen LogP contribution in [0, 0.1) is 5.41 Å². The molecular formula is C10H16O6. The van der Waals surface area contributed by atoms with Gasteiger partial charge in [-0.2, -0.15) is 0 Å². The lowest BCUT2D eigenvalue weighted by molar-refractivity contribution is -0.170. The summed E-state index contributed by atoms with van der Waals surface area (Å²) in [4.78, 5) is 33.1. The van der Waals surface area contributed by atoms with E-state index in [1.165, 1.54) is 0 Å². The number of esters is 1. The number of carbonyl (C=O) groups is 3. The highest BCUT2D eigenvalue weighted by Gasteiger charge is 2.48. The number of carbonyl (C=O) groups excluding carboxylic acids is 1. The zero-order chi connectivity index (χ0) is 12.8. The average molecular weight is 232 g/mol. The van der Waals surface area contributed by atoms with E-state index in [-0.39, 0.29) is 6.42 Å². The summed E-state index contributed by atoms with van der Waals surface area (Å²) in [5.41, 5.74) is -2.07. The first kappa shape index (κ1) is 14.4. The molecule has 0 aliphatic rings. The number of hydrogen-bond donors (Lipinski definition) is 2. The van der Waals surface area contributed by atoms with Crippen molar-refractivity contribution in [3.05, 3.63) is 0 Å². The second-order valence-corrected chi connectivity index (χ2v) is 3.55. The monoisotopic (exact) mass is 232 g/mol. The van der Waals surface area contributed by atoms with Gasteiger partial charge in [0.2, 0.25) is 0 Å². The van der Waals surface area contributed by atoms with Crippen LogP contribution >= 0.6 is 0 Å². The lowest BCUT2D eigenvalue weighted by Gasteiger charge is -2.23. The van der Waals surface area contributed by atoms with Gasteiger partial charge < -0.3 is 14.9 Å². The first-order valence-electron chi connectivity index (χ1n) is 4.94. The molecule has 0 aromatic heterocycles. The zero-order valence-corrected chi connectivity index (χ0v) is 9.36. The Morgan fingerprint density at radius 3 is 2.00 bits per heavy atom. The number of hydrogen-bond acceptors (Lipinski definition) is 4. The van der Waals surface area contributed by atoms with Crippen molar-refractivity contribution in [2.75, 3.05) is 7.11 Å². The van der Waals surface area contributed by atoms with Crippen LogP contribution in [-0.2, 0) is 19.1 Å². The minimum Gasteiger partial charge on any atom is -0.480 e. The van der Waals surface area contributed by atoms with Crippen LogP contribution in [0.5, 0.6) is 0 Å². The van der Waals surface area contributed by atoms with Crippen LogP contribution in [0.1, 0.15) is 32.6 Å². The van der Waals surface area contributed by atoms with Gasteiger partial charge in [0, 0.05) is 0 Å². The standard InChI is InChI=1S/C10H16O6/c1-3-4-5-10(8(12)13,9(14)15)6-7(11)16-2/h3-6H2,1-2H3,(H,12,13)(H,14,15). The van der Waals surface area contributed by atoms with Crippen molar-refractivity contribution in [1.82, 2.24) is 0 Å². The zero-order valence-electron chi connectivity index (χ0n) is 9.36. The van der Waals surface area contributed by atoms with E-state index in [9.17, 15) is 14.4 Å². The van der Waals surface area contributed by atoms with Gasteiger partial charge in [0.1, 0.15) is 0 Å². The molecule has 0 aliphatic carbocycles. The topological polar surface area (TPSA) is 101 Å². The summed E-state index contributed by atoms with van der Waals surface area (Å²) in [6, 6.07) is 0. The lowest BCUT2D eigenvalue weighted by atomic mass is 9.79. The summed E-state index contributed by atoms with van der Waals surface area (Å²) in [5.74, 6) is -3.83. The third-order valence-corrected chi connectivity index (χ3v) is 2.45. The smallest absolute Gasteiger partial charge is 0.321 e. The maximum atomic E-state index is 11.1. The molecule has 0 heterocycles. The lowest BCUT2D eigenvalue weighted by Crippen LogP contribution is -2.41. The van der Waals surface area contributed by atoms with Crippen molar-refractivity contribution < 1.29 is 29.3 Å². The Morgan fingerprint density at radius 2 is 1.69 bits per heavy atom. The van der Waals surface area contributed by atoms with Gasteiger partial charge in [0.25, 0.3) is 0 Å². The minimum absolute atomic E-state index is 0.0801. The van der Waals surface area contributed by atoms with E-state index in [1.54, 1.807) is 0 Å². The van der Waals surface area contributed by atoms with Gasteiger partial charge >= 0.3 is 17.9 Å². The third kappa shape index (κ3) is 3.22. The van der Waals surface area contributed by atoms with Crippen LogP contribution in [0.25, 0.3) is 0 Å². The fourth-order valence-corrected chi connectivity index (χ4v) is 1.34. The number of ether oxygens (including phenoxy) is 1. The minimum atomic E-state index is -2.07. The Morgan fingerprint density at radius 1 is 1.19 bits per heavy atom. The van der Waals surface area contributed by atoms with Gasteiger partial charge in [-0.05, 0) is 6.42 Å². The SMILES string of the molecule is CCCCC(CC(=O)OC)(C(=O)O)C(=O)O. The first-order chi connectivity index (χ1) is 7.40. The van der Waals surface area contributed by atoms with Gasteiger partial charge in [0.15, 0.2) is 5.41 Å². The van der Waals surface area contributed by atoms with Crippen LogP contribution < -0.4 is 0 Å². The highest BCUT2D eigenvalue weighted by atomic mass is 16.5. The fourth-order valence-electron chi connectivity index (χ4n) is 1.34. The Kier molecular flexibility index (Phi) is 5.49. The maximum Gasteiger partial charge on any atom is 0.321 e. The molecule has 0 aromatic rings. The van der Waals surface area contributed by atoms with E-state index in [4.69, 9.17) is 10.2 Å². The first-order valence-corrected chi connectivity index (χ1v) is 4.94. The second-order valence-electron chi connectivity index (χ2n) is 3.55. The molecule has 6 heteroatoms. The molecule has 0 atom stereocenters. The Labute approximate surface area is 93.2 Å². The molecule has 16 heavy (non-hydrogen) atoms. The molecule has 0 saturated carbocycles. The highest BCUT2D eigenvalue weighted by molar-refractivity contribution is 6.01. The van der Waals surface area contributed by atoms with Crippen LogP contribution in [0.4, 0.5) is 0 Å². The van der Waals surface area contributed by atoms with Crippen LogP contribution in [-0.4, -0.2) is 35.2 Å². The number of carboxylic acids is 2. The summed E-state index contributed by atoms with van der Waals surface area (Å²) in [6.07, 6.45) is 0.358. The van der Waals surface area contributed by atoms with Crippen molar-refractivity contribution in [1.29, 1.82) is 0 Å². The quantitative estimate of drug-likeness (QED) is 0.499. The molecule has 0 bridgehead atoms. The van der Waals surface area contributed by atoms with Crippen molar-refractivity contribution in [3.8, 4) is 0 Å². The Balaban J connectivity index is 5.01. The molecule has 0 fully saturated rings. The molecule has 0 aromatic carbocycles. The van der Waals surface area contributed by atoms with Crippen LogP contribution in [0.3, 0.4) is 0 Å². The molecule has 0 unspecified atom stereocenters. The molecular weight excluding hydrogens is 216 g/mol. The number of unbranched alkanes of at least 4 members (excludes halogenated alkanes) is 1. The van der Waals surface area contributed by atoms with Gasteiger partial charge in [-0.1, -0.05) is 19.8 Å². The van der Waals surface area contributed by atoms with Crippen LogP contribution in [0.2, 0.25) is 0 Å². The van der Waals surface area contributed by atoms with E-state index >= 15 is 0 Å². The van der Waals surface area contributed by atoms with Crippen molar-refractivity contribution in [3.63, 3.8) is 0 Å². The summed E-state index contributed by atoms with van der Waals surface area (Å²) >= 11 is 0. The highest BCUT2D eigenvalue weighted by Crippen LogP contribution is 2.30. The predicted molar refractivity (Wildman–Crippen MR) is 53.9 cm³/mol. The predicted octanol–water partition coefficient (Wildman–Crippen LogP) is 0.895. The van der Waals surface area contributed by atoms with Gasteiger partial charge in [-0.15, -0.1) is 0 Å². The van der Waals surface area contributed by atoms with Crippen LogP contribution in [0.15, 0.2) is 0 Å². The van der Waals surface area contributed by atoms with Crippen molar-refractivity contribution >= 4 is 17.9 Å². The molecule has 2 N–H and O–H groups in total. The molecule has 0 aliphatic heterocycles. The number of methoxy groups -OCH3 is 1.